The van der Waals surface area contributed by atoms with E-state index in [1.165, 1.54) is 19.1 Å². The van der Waals surface area contributed by atoms with Crippen LogP contribution in [0.3, 0.4) is 0 Å². The maximum absolute atomic E-state index is 12.0. The van der Waals surface area contributed by atoms with Gasteiger partial charge in [0.1, 0.15) is 6.61 Å². The van der Waals surface area contributed by atoms with Crippen LogP contribution in [0.4, 0.5) is 5.69 Å². The highest BCUT2D eigenvalue weighted by atomic mass is 35.5. The van der Waals surface area contributed by atoms with Gasteiger partial charge in [-0.25, -0.2) is 0 Å². The van der Waals surface area contributed by atoms with E-state index in [4.69, 9.17) is 16.3 Å². The molecule has 0 unspecified atom stereocenters. The summed E-state index contributed by atoms with van der Waals surface area (Å²) in [5.74, 6) is -0.951. The van der Waals surface area contributed by atoms with E-state index in [-0.39, 0.29) is 47.7 Å². The average molecular weight is 400 g/mol. The molecule has 0 aliphatic rings. The van der Waals surface area contributed by atoms with Crippen LogP contribution in [0, 0.1) is 10.1 Å². The molecule has 0 aromatic heterocycles. The van der Waals surface area contributed by atoms with Crippen LogP contribution < -0.4 is 10.6 Å². The lowest BCUT2D eigenvalue weighted by molar-refractivity contribution is -0.384. The molecule has 0 aliphatic heterocycles. The lowest BCUT2D eigenvalue weighted by atomic mass is 10.2. The molecule has 1 aromatic rings. The number of hydrogen-bond acceptors (Lipinski definition) is 6. The molecule has 0 spiro atoms. The standard InChI is InChI=1S/C17H22ClN3O6/c1-12(22)19-8-4-2-3-5-16(23)27-10-9-20-17(24)14-7-6-13(21(25)26)11-15(14)18/h6-7,11H,2-5,8-10H2,1H3,(H,19,22)(H,20,24). The molecule has 0 heterocycles. The first-order valence-corrected chi connectivity index (χ1v) is 8.81. The van der Waals surface area contributed by atoms with Crippen molar-refractivity contribution in [2.45, 2.75) is 32.6 Å². The molecule has 1 aromatic carbocycles. The molecule has 9 nitrogen and oxygen atoms in total. The largest absolute Gasteiger partial charge is 0.464 e. The molecule has 10 heteroatoms. The van der Waals surface area contributed by atoms with Gasteiger partial charge < -0.3 is 15.4 Å². The lowest BCUT2D eigenvalue weighted by Gasteiger charge is -2.08. The van der Waals surface area contributed by atoms with Gasteiger partial charge in [0.25, 0.3) is 11.6 Å². The number of hydrogen-bond donors (Lipinski definition) is 2. The second kappa shape index (κ2) is 11.8. The quantitative estimate of drug-likeness (QED) is 0.254. The highest BCUT2D eigenvalue weighted by molar-refractivity contribution is 6.34. The Morgan fingerprint density at radius 3 is 2.52 bits per heavy atom. The second-order valence-corrected chi connectivity index (χ2v) is 6.10. The maximum Gasteiger partial charge on any atom is 0.305 e. The maximum atomic E-state index is 12.0. The van der Waals surface area contributed by atoms with Crippen LogP contribution in [0.5, 0.6) is 0 Å². The summed E-state index contributed by atoms with van der Waals surface area (Å²) in [7, 11) is 0. The van der Waals surface area contributed by atoms with Crippen LogP contribution in [0.2, 0.25) is 5.02 Å². The molecule has 0 bridgehead atoms. The van der Waals surface area contributed by atoms with Gasteiger partial charge in [0.2, 0.25) is 5.91 Å². The van der Waals surface area contributed by atoms with Crippen molar-refractivity contribution in [1.82, 2.24) is 10.6 Å². The van der Waals surface area contributed by atoms with Crippen molar-refractivity contribution >= 4 is 35.1 Å². The van der Waals surface area contributed by atoms with Crippen molar-refractivity contribution in [3.8, 4) is 0 Å². The van der Waals surface area contributed by atoms with Gasteiger partial charge in [0, 0.05) is 32.0 Å². The number of rotatable bonds is 11. The topological polar surface area (TPSA) is 128 Å². The molecule has 148 valence electrons. The van der Waals surface area contributed by atoms with Gasteiger partial charge in [-0.2, -0.15) is 0 Å². The van der Waals surface area contributed by atoms with Gasteiger partial charge in [0.15, 0.2) is 0 Å². The monoisotopic (exact) mass is 399 g/mol. The number of nitro groups is 1. The highest BCUT2D eigenvalue weighted by Gasteiger charge is 2.14. The number of nitrogens with one attached hydrogen (secondary N) is 2. The van der Waals surface area contributed by atoms with E-state index < -0.39 is 10.8 Å². The Balaban J connectivity index is 2.20. The fourth-order valence-electron chi connectivity index (χ4n) is 2.13. The SMILES string of the molecule is CC(=O)NCCCCCC(=O)OCCNC(=O)c1ccc([N+](=O)[O-])cc1Cl. The van der Waals surface area contributed by atoms with E-state index in [0.717, 1.165) is 18.9 Å². The summed E-state index contributed by atoms with van der Waals surface area (Å²) in [4.78, 5) is 44.3. The Hall–Kier alpha value is -2.68. The molecule has 0 saturated carbocycles. The molecule has 0 aliphatic carbocycles. The first-order valence-electron chi connectivity index (χ1n) is 8.43. The third-order valence-corrected chi connectivity index (χ3v) is 3.80. The Labute approximate surface area is 161 Å². The Morgan fingerprint density at radius 1 is 1.15 bits per heavy atom. The summed E-state index contributed by atoms with van der Waals surface area (Å²) in [6.45, 7) is 2.15. The van der Waals surface area contributed by atoms with Crippen molar-refractivity contribution in [1.29, 1.82) is 0 Å². The van der Waals surface area contributed by atoms with E-state index in [9.17, 15) is 24.5 Å². The minimum atomic E-state index is -0.604. The Kier molecular flexibility index (Phi) is 9.81. The van der Waals surface area contributed by atoms with Crippen molar-refractivity contribution < 1.29 is 24.0 Å². The van der Waals surface area contributed by atoms with Crippen molar-refractivity contribution in [3.05, 3.63) is 38.9 Å². The van der Waals surface area contributed by atoms with Gasteiger partial charge in [-0.15, -0.1) is 0 Å². The van der Waals surface area contributed by atoms with E-state index in [2.05, 4.69) is 10.6 Å². The highest BCUT2D eigenvalue weighted by Crippen LogP contribution is 2.22. The number of nitro benzene ring substituents is 1. The number of non-ortho nitro benzene ring substituents is 1. The minimum absolute atomic E-state index is 0.0149. The van der Waals surface area contributed by atoms with Gasteiger partial charge in [-0.05, 0) is 18.9 Å². The van der Waals surface area contributed by atoms with Crippen LogP contribution in [0.15, 0.2) is 18.2 Å². The lowest BCUT2D eigenvalue weighted by Crippen LogP contribution is -2.28. The number of benzene rings is 1. The number of ether oxygens (including phenoxy) is 1. The summed E-state index contributed by atoms with van der Waals surface area (Å²) < 4.78 is 5.01. The fourth-order valence-corrected chi connectivity index (χ4v) is 2.39. The van der Waals surface area contributed by atoms with Crippen molar-refractivity contribution in [3.63, 3.8) is 0 Å². The number of nitrogens with zero attached hydrogens (tertiary/aromatic N) is 1. The zero-order valence-electron chi connectivity index (χ0n) is 15.0. The van der Waals surface area contributed by atoms with Gasteiger partial charge >= 0.3 is 5.97 Å². The minimum Gasteiger partial charge on any atom is -0.464 e. The molecule has 0 atom stereocenters. The summed E-state index contributed by atoms with van der Waals surface area (Å²) in [5.41, 5.74) is -0.102. The van der Waals surface area contributed by atoms with Crippen molar-refractivity contribution in [2.75, 3.05) is 19.7 Å². The first kappa shape index (κ1) is 22.4. The molecule has 1 rings (SSSR count). The number of carbonyl (C=O) groups is 3. The number of carbonyl (C=O) groups excluding carboxylic acids is 3. The molecular formula is C17H22ClN3O6. The van der Waals surface area contributed by atoms with E-state index in [1.54, 1.807) is 0 Å². The third kappa shape index (κ3) is 9.00. The van der Waals surface area contributed by atoms with Crippen molar-refractivity contribution in [2.24, 2.45) is 0 Å². The van der Waals surface area contributed by atoms with Crippen LogP contribution in [0.25, 0.3) is 0 Å². The van der Waals surface area contributed by atoms with Crippen LogP contribution in [-0.4, -0.2) is 42.4 Å². The smallest absolute Gasteiger partial charge is 0.305 e. The van der Waals surface area contributed by atoms with E-state index in [0.29, 0.717) is 13.0 Å². The summed E-state index contributed by atoms with van der Waals surface area (Å²) in [6, 6.07) is 3.55. The molecule has 27 heavy (non-hydrogen) atoms. The van der Waals surface area contributed by atoms with Gasteiger partial charge in [-0.1, -0.05) is 18.0 Å². The predicted octanol–water partition coefficient (Wildman–Crippen LogP) is 2.22. The van der Waals surface area contributed by atoms with Crippen LogP contribution in [0.1, 0.15) is 43.0 Å². The Morgan fingerprint density at radius 2 is 1.89 bits per heavy atom. The summed E-state index contributed by atoms with van der Waals surface area (Å²) in [5, 5.41) is 15.8. The molecule has 2 amide bonds. The molecule has 0 saturated heterocycles. The number of esters is 1. The zero-order chi connectivity index (χ0) is 20.2. The molecule has 0 fully saturated rings. The van der Waals surface area contributed by atoms with E-state index in [1.807, 2.05) is 0 Å². The van der Waals surface area contributed by atoms with E-state index >= 15 is 0 Å². The fraction of sp³-hybridized carbons (Fsp3) is 0.471. The van der Waals surface area contributed by atoms with Gasteiger partial charge in [0.05, 0.1) is 22.1 Å². The van der Waals surface area contributed by atoms with Gasteiger partial charge in [-0.3, -0.25) is 24.5 Å². The average Bonchev–Trinajstić information content (AvgIpc) is 2.61. The van der Waals surface area contributed by atoms with Crippen LogP contribution in [-0.2, 0) is 14.3 Å². The normalized spacial score (nSPS) is 10.1. The Bertz CT molecular complexity index is 695. The predicted molar refractivity (Wildman–Crippen MR) is 98.6 cm³/mol. The number of unbranched alkanes of at least 4 members (excludes halogenated alkanes) is 2. The molecule has 2 N–H and O–H groups in total. The van der Waals surface area contributed by atoms with Crippen LogP contribution >= 0.6 is 11.6 Å². The molecule has 0 radical (unpaired) electrons. The number of halogens is 1. The zero-order valence-corrected chi connectivity index (χ0v) is 15.7. The second-order valence-electron chi connectivity index (χ2n) is 5.69. The number of amides is 2. The first-order chi connectivity index (χ1) is 12.8. The summed E-state index contributed by atoms with van der Waals surface area (Å²) >= 11 is 5.87. The molecular weight excluding hydrogens is 378 g/mol. The summed E-state index contributed by atoms with van der Waals surface area (Å²) in [6.07, 6.45) is 2.51. The third-order valence-electron chi connectivity index (χ3n) is 3.49.